The third-order valence-corrected chi connectivity index (χ3v) is 3.69. The number of carbonyl (C=O) groups is 1. The van der Waals surface area contributed by atoms with E-state index in [-0.39, 0.29) is 12.4 Å². The summed E-state index contributed by atoms with van der Waals surface area (Å²) in [4.78, 5) is 11.5. The van der Waals surface area contributed by atoms with E-state index in [9.17, 15) is 14.3 Å². The molecular formula is C15H13FINO2. The van der Waals surface area contributed by atoms with Crippen LogP contribution in [0.2, 0.25) is 0 Å². The maximum absolute atomic E-state index is 13.5. The molecule has 104 valence electrons. The molecule has 2 aromatic rings. The van der Waals surface area contributed by atoms with Gasteiger partial charge in [-0.15, -0.1) is 0 Å². The number of primary amides is 1. The molecule has 0 bridgehead atoms. The molecule has 20 heavy (non-hydrogen) atoms. The minimum atomic E-state index is -0.565. The quantitative estimate of drug-likeness (QED) is 0.795. The summed E-state index contributed by atoms with van der Waals surface area (Å²) < 4.78 is 14.3. The average Bonchev–Trinajstić information content (AvgIpc) is 2.39. The van der Waals surface area contributed by atoms with Gasteiger partial charge in [0.05, 0.1) is 6.61 Å². The van der Waals surface area contributed by atoms with E-state index in [1.807, 2.05) is 22.6 Å². The molecule has 1 amide bonds. The van der Waals surface area contributed by atoms with E-state index in [0.29, 0.717) is 16.7 Å². The molecule has 0 heterocycles. The number of benzene rings is 2. The number of carbonyl (C=O) groups excluding carboxylic acids is 1. The van der Waals surface area contributed by atoms with Crippen LogP contribution in [0.5, 0.6) is 0 Å². The molecule has 2 aromatic carbocycles. The van der Waals surface area contributed by atoms with Gasteiger partial charge in [-0.1, -0.05) is 18.2 Å². The number of hydrogen-bond donors (Lipinski definition) is 2. The lowest BCUT2D eigenvalue weighted by Crippen LogP contribution is -2.17. The van der Waals surface area contributed by atoms with Crippen molar-refractivity contribution in [3.63, 3.8) is 0 Å². The van der Waals surface area contributed by atoms with Gasteiger partial charge in [0, 0.05) is 15.1 Å². The smallest absolute Gasteiger partial charge is 0.249 e. The first-order valence-electron chi connectivity index (χ1n) is 5.98. The fraction of sp³-hybridized carbons (Fsp3) is 0.133. The Morgan fingerprint density at radius 2 is 2.00 bits per heavy atom. The van der Waals surface area contributed by atoms with Gasteiger partial charge in [-0.05, 0) is 58.0 Å². The van der Waals surface area contributed by atoms with Gasteiger partial charge in [0.2, 0.25) is 5.91 Å². The molecule has 5 heteroatoms. The molecular weight excluding hydrogens is 372 g/mol. The zero-order valence-corrected chi connectivity index (χ0v) is 12.7. The minimum Gasteiger partial charge on any atom is -0.395 e. The van der Waals surface area contributed by atoms with Gasteiger partial charge in [0.25, 0.3) is 0 Å². The zero-order valence-electron chi connectivity index (χ0n) is 10.5. The van der Waals surface area contributed by atoms with E-state index in [1.165, 1.54) is 12.1 Å². The highest BCUT2D eigenvalue weighted by Crippen LogP contribution is 2.28. The molecule has 0 aliphatic rings. The number of nitrogens with two attached hydrogens (primary N) is 1. The van der Waals surface area contributed by atoms with Crippen molar-refractivity contribution < 1.29 is 14.3 Å². The van der Waals surface area contributed by atoms with Crippen molar-refractivity contribution >= 4 is 28.5 Å². The van der Waals surface area contributed by atoms with Gasteiger partial charge in [0.1, 0.15) is 5.82 Å². The summed E-state index contributed by atoms with van der Waals surface area (Å²) in [5.74, 6) is -1.42. The van der Waals surface area contributed by atoms with Crippen molar-refractivity contribution in [2.24, 2.45) is 5.73 Å². The first-order valence-corrected chi connectivity index (χ1v) is 7.06. The highest BCUT2D eigenvalue weighted by molar-refractivity contribution is 14.1. The minimum absolute atomic E-state index is 0.232. The largest absolute Gasteiger partial charge is 0.395 e. The second kappa shape index (κ2) is 6.32. The lowest BCUT2D eigenvalue weighted by atomic mass is 9.88. The molecule has 3 N–H and O–H groups in total. The van der Waals surface area contributed by atoms with Crippen molar-refractivity contribution in [2.75, 3.05) is 6.61 Å². The van der Waals surface area contributed by atoms with E-state index in [4.69, 9.17) is 5.73 Å². The zero-order chi connectivity index (χ0) is 14.7. The first kappa shape index (κ1) is 14.9. The summed E-state index contributed by atoms with van der Waals surface area (Å²) >= 11 is 2.01. The molecule has 0 saturated carbocycles. The fourth-order valence-electron chi connectivity index (χ4n) is 2.18. The maximum atomic E-state index is 13.5. The second-order valence-corrected chi connectivity index (χ2v) is 5.64. The van der Waals surface area contributed by atoms with Crippen LogP contribution >= 0.6 is 22.6 Å². The Bertz CT molecular complexity index is 625. The van der Waals surface area contributed by atoms with Crippen LogP contribution in [0.25, 0.3) is 0 Å². The van der Waals surface area contributed by atoms with E-state index < -0.39 is 11.8 Å². The SMILES string of the molecule is NC(=O)c1ccccc1[C@@H](CO)c1cc(F)cc(I)c1. The van der Waals surface area contributed by atoms with E-state index in [0.717, 1.165) is 3.57 Å². The fourth-order valence-corrected chi connectivity index (χ4v) is 2.84. The molecule has 2 rings (SSSR count). The van der Waals surface area contributed by atoms with Crippen LogP contribution in [-0.2, 0) is 0 Å². The summed E-state index contributed by atoms with van der Waals surface area (Å²) in [5, 5.41) is 9.64. The van der Waals surface area contributed by atoms with Gasteiger partial charge >= 0.3 is 0 Å². The van der Waals surface area contributed by atoms with Crippen LogP contribution in [0.1, 0.15) is 27.4 Å². The molecule has 0 unspecified atom stereocenters. The lowest BCUT2D eigenvalue weighted by Gasteiger charge is -2.18. The highest BCUT2D eigenvalue weighted by atomic mass is 127. The topological polar surface area (TPSA) is 63.3 Å². The Morgan fingerprint density at radius 1 is 1.30 bits per heavy atom. The van der Waals surface area contributed by atoms with Crippen LogP contribution in [-0.4, -0.2) is 17.6 Å². The third kappa shape index (κ3) is 3.16. The van der Waals surface area contributed by atoms with Gasteiger partial charge < -0.3 is 10.8 Å². The van der Waals surface area contributed by atoms with Crippen molar-refractivity contribution in [3.05, 3.63) is 68.5 Å². The van der Waals surface area contributed by atoms with Crippen molar-refractivity contribution in [2.45, 2.75) is 5.92 Å². The standard InChI is InChI=1S/C15H13FINO2/c16-10-5-9(6-11(17)7-10)14(8-19)12-3-1-2-4-13(12)15(18)20/h1-7,14,19H,8H2,(H2,18,20)/t14-/m0/s1. The monoisotopic (exact) mass is 385 g/mol. The van der Waals surface area contributed by atoms with Crippen LogP contribution < -0.4 is 5.73 Å². The van der Waals surface area contributed by atoms with E-state index >= 15 is 0 Å². The Morgan fingerprint density at radius 3 is 2.60 bits per heavy atom. The summed E-state index contributed by atoms with van der Waals surface area (Å²) in [6.07, 6.45) is 0. The summed E-state index contributed by atoms with van der Waals surface area (Å²) in [6.45, 7) is -0.232. The van der Waals surface area contributed by atoms with Crippen LogP contribution in [0.15, 0.2) is 42.5 Å². The summed E-state index contributed by atoms with van der Waals surface area (Å²) in [6, 6.07) is 11.3. The second-order valence-electron chi connectivity index (χ2n) is 4.39. The van der Waals surface area contributed by atoms with Gasteiger partial charge in [-0.2, -0.15) is 0 Å². The van der Waals surface area contributed by atoms with E-state index in [2.05, 4.69) is 0 Å². The summed E-state index contributed by atoms with van der Waals surface area (Å²) in [7, 11) is 0. The number of halogens is 2. The van der Waals surface area contributed by atoms with Crippen molar-refractivity contribution in [1.82, 2.24) is 0 Å². The van der Waals surface area contributed by atoms with Gasteiger partial charge in [-0.3, -0.25) is 4.79 Å². The van der Waals surface area contributed by atoms with Crippen LogP contribution in [0.4, 0.5) is 4.39 Å². The van der Waals surface area contributed by atoms with Crippen molar-refractivity contribution in [3.8, 4) is 0 Å². The maximum Gasteiger partial charge on any atom is 0.249 e. The van der Waals surface area contributed by atoms with E-state index in [1.54, 1.807) is 30.3 Å². The average molecular weight is 385 g/mol. The molecule has 0 spiro atoms. The third-order valence-electron chi connectivity index (χ3n) is 3.07. The first-order chi connectivity index (χ1) is 9.52. The molecule has 0 radical (unpaired) electrons. The molecule has 0 saturated heterocycles. The molecule has 3 nitrogen and oxygen atoms in total. The Labute approximate surface area is 129 Å². The van der Waals surface area contributed by atoms with Gasteiger partial charge in [-0.25, -0.2) is 4.39 Å². The predicted octanol–water partition coefficient (Wildman–Crippen LogP) is 2.65. The Hall–Kier alpha value is -1.47. The van der Waals surface area contributed by atoms with Crippen molar-refractivity contribution in [1.29, 1.82) is 0 Å². The number of rotatable bonds is 4. The number of amides is 1. The van der Waals surface area contributed by atoms with Gasteiger partial charge in [0.15, 0.2) is 0 Å². The molecule has 0 fully saturated rings. The Kier molecular flexibility index (Phi) is 4.72. The number of aliphatic hydroxyl groups is 1. The normalized spacial score (nSPS) is 12.2. The molecule has 0 aliphatic heterocycles. The Balaban J connectivity index is 2.55. The predicted molar refractivity (Wildman–Crippen MR) is 83.0 cm³/mol. The molecule has 0 aliphatic carbocycles. The van der Waals surface area contributed by atoms with Crippen LogP contribution in [0.3, 0.4) is 0 Å². The number of aliphatic hydroxyl groups excluding tert-OH is 1. The number of hydrogen-bond acceptors (Lipinski definition) is 2. The summed E-state index contributed by atoms with van der Waals surface area (Å²) in [5.41, 5.74) is 6.90. The lowest BCUT2D eigenvalue weighted by molar-refractivity contribution is 0.0999. The van der Waals surface area contributed by atoms with Crippen LogP contribution in [0, 0.1) is 9.39 Å². The molecule has 0 aromatic heterocycles. The molecule has 1 atom stereocenters. The highest BCUT2D eigenvalue weighted by Gasteiger charge is 2.19.